The Morgan fingerprint density at radius 3 is 1.62 bits per heavy atom. The molecule has 0 aliphatic rings. The maximum absolute atomic E-state index is 5.37. The molecule has 0 aliphatic heterocycles. The number of fused-ring (bicyclic) bond motifs is 9. The molecule has 2 aromatic heterocycles. The molecular weight excluding hydrogens is 472 g/mol. The van der Waals surface area contributed by atoms with Gasteiger partial charge in [0.2, 0.25) is 0 Å². The summed E-state index contributed by atoms with van der Waals surface area (Å²) in [6.45, 7) is 4.33. The van der Waals surface area contributed by atoms with Crippen LogP contribution in [0.25, 0.3) is 71.2 Å². The van der Waals surface area contributed by atoms with E-state index < -0.39 is 0 Å². The summed E-state index contributed by atoms with van der Waals surface area (Å²) in [5.74, 6) is 0. The third kappa shape index (κ3) is 3.25. The van der Waals surface area contributed by atoms with Crippen molar-refractivity contribution in [3.8, 4) is 16.9 Å². The number of aromatic nitrogens is 2. The number of pyridine rings is 1. The molecule has 0 bridgehead atoms. The normalized spacial score (nSPS) is 11.8. The van der Waals surface area contributed by atoms with Crippen LogP contribution >= 0.6 is 0 Å². The lowest BCUT2D eigenvalue weighted by Crippen LogP contribution is -1.98. The van der Waals surface area contributed by atoms with Gasteiger partial charge in [0.25, 0.3) is 0 Å². The standard InChI is InChI=1S/C37H26N2/c1-23-15-19-35-31(21-23)32-22-24(2)16-20-36(32)39(35)34-14-8-7-13-30(34)33-18-17-29-27-11-4-3-9-25(27)26-10-5-6-12-28(26)37(29)38-33/h3-22H,1-2H3. The molecule has 0 unspecified atom stereocenters. The van der Waals surface area contributed by atoms with Gasteiger partial charge in [-0.05, 0) is 72.5 Å². The molecule has 0 amide bonds. The zero-order chi connectivity index (χ0) is 26.1. The van der Waals surface area contributed by atoms with E-state index in [4.69, 9.17) is 4.98 Å². The van der Waals surface area contributed by atoms with Crippen LogP contribution < -0.4 is 0 Å². The molecule has 0 fully saturated rings. The van der Waals surface area contributed by atoms with Crippen molar-refractivity contribution in [2.75, 3.05) is 0 Å². The Labute approximate surface area is 226 Å². The lowest BCUT2D eigenvalue weighted by molar-refractivity contribution is 1.17. The predicted octanol–water partition coefficient (Wildman–Crippen LogP) is 9.92. The highest BCUT2D eigenvalue weighted by Crippen LogP contribution is 2.39. The summed E-state index contributed by atoms with van der Waals surface area (Å²) >= 11 is 0. The summed E-state index contributed by atoms with van der Waals surface area (Å²) < 4.78 is 2.41. The van der Waals surface area contributed by atoms with Crippen LogP contribution in [0, 0.1) is 13.8 Å². The van der Waals surface area contributed by atoms with E-state index in [9.17, 15) is 0 Å². The highest BCUT2D eigenvalue weighted by Gasteiger charge is 2.17. The molecule has 6 aromatic carbocycles. The second-order valence-corrected chi connectivity index (χ2v) is 10.6. The number of aryl methyl sites for hydroxylation is 2. The Bertz CT molecular complexity index is 2160. The van der Waals surface area contributed by atoms with Crippen molar-refractivity contribution >= 4 is 54.3 Å². The molecule has 2 nitrogen and oxygen atoms in total. The van der Waals surface area contributed by atoms with Crippen LogP contribution in [-0.2, 0) is 0 Å². The van der Waals surface area contributed by atoms with Gasteiger partial charge in [0, 0.05) is 27.1 Å². The number of para-hydroxylation sites is 1. The topological polar surface area (TPSA) is 17.8 Å². The summed E-state index contributed by atoms with van der Waals surface area (Å²) in [6, 6.07) is 43.9. The fraction of sp³-hybridized carbons (Fsp3) is 0.0541. The van der Waals surface area contributed by atoms with E-state index in [0.29, 0.717) is 0 Å². The first-order valence-corrected chi connectivity index (χ1v) is 13.5. The first-order valence-electron chi connectivity index (χ1n) is 13.5. The van der Waals surface area contributed by atoms with Crippen LogP contribution in [-0.4, -0.2) is 9.55 Å². The van der Waals surface area contributed by atoms with Gasteiger partial charge in [0.15, 0.2) is 0 Å². The van der Waals surface area contributed by atoms with E-state index >= 15 is 0 Å². The van der Waals surface area contributed by atoms with Gasteiger partial charge in [-0.25, -0.2) is 4.98 Å². The van der Waals surface area contributed by atoms with Crippen molar-refractivity contribution in [3.63, 3.8) is 0 Å². The second-order valence-electron chi connectivity index (χ2n) is 10.6. The summed E-state index contributed by atoms with van der Waals surface area (Å²) in [5.41, 5.74) is 9.26. The molecule has 2 heterocycles. The maximum atomic E-state index is 5.37. The molecule has 8 rings (SSSR count). The average molecular weight is 499 g/mol. The van der Waals surface area contributed by atoms with Gasteiger partial charge in [0.1, 0.15) is 0 Å². The molecule has 0 saturated heterocycles. The van der Waals surface area contributed by atoms with Gasteiger partial charge >= 0.3 is 0 Å². The Kier molecular flexibility index (Phi) is 4.68. The lowest BCUT2D eigenvalue weighted by Gasteiger charge is -2.15. The van der Waals surface area contributed by atoms with Gasteiger partial charge in [-0.2, -0.15) is 0 Å². The van der Waals surface area contributed by atoms with Crippen LogP contribution in [0.3, 0.4) is 0 Å². The Balaban J connectivity index is 1.45. The molecule has 2 heteroatoms. The largest absolute Gasteiger partial charge is 0.309 e. The van der Waals surface area contributed by atoms with Crippen molar-refractivity contribution in [1.29, 1.82) is 0 Å². The molecular formula is C37H26N2. The molecule has 0 N–H and O–H groups in total. The number of hydrogen-bond acceptors (Lipinski definition) is 1. The molecule has 0 spiro atoms. The Morgan fingerprint density at radius 2 is 0.974 bits per heavy atom. The highest BCUT2D eigenvalue weighted by atomic mass is 15.0. The molecule has 184 valence electrons. The van der Waals surface area contributed by atoms with Crippen LogP contribution in [0.15, 0.2) is 121 Å². The zero-order valence-electron chi connectivity index (χ0n) is 21.9. The summed E-state index contributed by atoms with van der Waals surface area (Å²) in [5, 5.41) is 8.70. The molecule has 0 atom stereocenters. The minimum absolute atomic E-state index is 0.979. The van der Waals surface area contributed by atoms with E-state index in [1.807, 2.05) is 0 Å². The number of rotatable bonds is 2. The quantitative estimate of drug-likeness (QED) is 0.217. The SMILES string of the molecule is Cc1ccc2c(c1)c1cc(C)ccc1n2-c1ccccc1-c1ccc2c3ccccc3c3ccccc3c2n1. The van der Waals surface area contributed by atoms with E-state index in [1.54, 1.807) is 0 Å². The first-order chi connectivity index (χ1) is 19.2. The number of hydrogen-bond donors (Lipinski definition) is 0. The Morgan fingerprint density at radius 1 is 0.462 bits per heavy atom. The predicted molar refractivity (Wildman–Crippen MR) is 166 cm³/mol. The van der Waals surface area contributed by atoms with Crippen LogP contribution in [0.5, 0.6) is 0 Å². The molecule has 0 radical (unpaired) electrons. The zero-order valence-corrected chi connectivity index (χ0v) is 21.9. The first kappa shape index (κ1) is 22.1. The van der Waals surface area contributed by atoms with Crippen molar-refractivity contribution in [3.05, 3.63) is 132 Å². The molecule has 8 aromatic rings. The molecule has 0 saturated carbocycles. The van der Waals surface area contributed by atoms with Crippen molar-refractivity contribution in [1.82, 2.24) is 9.55 Å². The van der Waals surface area contributed by atoms with Crippen LogP contribution in [0.4, 0.5) is 0 Å². The summed E-state index contributed by atoms with van der Waals surface area (Å²) in [4.78, 5) is 5.37. The lowest BCUT2D eigenvalue weighted by atomic mass is 9.96. The van der Waals surface area contributed by atoms with Gasteiger partial charge in [-0.3, -0.25) is 0 Å². The third-order valence-electron chi connectivity index (χ3n) is 8.08. The van der Waals surface area contributed by atoms with E-state index in [1.165, 1.54) is 59.9 Å². The highest BCUT2D eigenvalue weighted by molar-refractivity contribution is 6.24. The second kappa shape index (κ2) is 8.28. The summed E-state index contributed by atoms with van der Waals surface area (Å²) in [7, 11) is 0. The minimum Gasteiger partial charge on any atom is -0.309 e. The van der Waals surface area contributed by atoms with Gasteiger partial charge in [-0.1, -0.05) is 90.0 Å². The van der Waals surface area contributed by atoms with Crippen LogP contribution in [0.1, 0.15) is 11.1 Å². The van der Waals surface area contributed by atoms with Gasteiger partial charge in [-0.15, -0.1) is 0 Å². The van der Waals surface area contributed by atoms with Crippen LogP contribution in [0.2, 0.25) is 0 Å². The maximum Gasteiger partial charge on any atom is 0.0794 e. The van der Waals surface area contributed by atoms with E-state index in [0.717, 1.165) is 22.5 Å². The number of nitrogens with zero attached hydrogens (tertiary/aromatic N) is 2. The van der Waals surface area contributed by atoms with Crippen molar-refractivity contribution in [2.45, 2.75) is 13.8 Å². The fourth-order valence-electron chi connectivity index (χ4n) is 6.30. The van der Waals surface area contributed by atoms with Crippen molar-refractivity contribution in [2.24, 2.45) is 0 Å². The fourth-order valence-corrected chi connectivity index (χ4v) is 6.30. The molecule has 39 heavy (non-hydrogen) atoms. The summed E-state index contributed by atoms with van der Waals surface area (Å²) in [6.07, 6.45) is 0. The van der Waals surface area contributed by atoms with Gasteiger partial charge in [0.05, 0.1) is 27.9 Å². The Hall–Kier alpha value is -4.95. The number of benzene rings is 6. The van der Waals surface area contributed by atoms with E-state index in [-0.39, 0.29) is 0 Å². The molecule has 0 aliphatic carbocycles. The van der Waals surface area contributed by atoms with Crippen molar-refractivity contribution < 1.29 is 0 Å². The minimum atomic E-state index is 0.979. The van der Waals surface area contributed by atoms with E-state index in [2.05, 4.69) is 140 Å². The average Bonchev–Trinajstić information content (AvgIpc) is 3.29. The third-order valence-corrected chi connectivity index (χ3v) is 8.08. The monoisotopic (exact) mass is 498 g/mol. The van der Waals surface area contributed by atoms with Gasteiger partial charge < -0.3 is 4.57 Å². The smallest absolute Gasteiger partial charge is 0.0794 e.